The minimum atomic E-state index is -1.34. The zero-order valence-corrected chi connectivity index (χ0v) is 25.1. The highest BCUT2D eigenvalue weighted by molar-refractivity contribution is 7.86. The fourth-order valence-corrected chi connectivity index (χ4v) is 5.95. The van der Waals surface area contributed by atoms with E-state index in [9.17, 15) is 9.00 Å². The molecule has 0 bridgehead atoms. The molecule has 1 aliphatic rings. The molecule has 2 atom stereocenters. The maximum absolute atomic E-state index is 13.0. The number of hydrogen-bond acceptors (Lipinski definition) is 4. The van der Waals surface area contributed by atoms with Crippen LogP contribution in [0.25, 0.3) is 0 Å². The highest BCUT2D eigenvalue weighted by atomic mass is 32.2. The molecule has 1 N–H and O–H groups in total. The highest BCUT2D eigenvalue weighted by Gasteiger charge is 2.33. The summed E-state index contributed by atoms with van der Waals surface area (Å²) in [5.41, 5.74) is 3.96. The summed E-state index contributed by atoms with van der Waals surface area (Å²) < 4.78 is 22.0. The van der Waals surface area contributed by atoms with Gasteiger partial charge in [0.15, 0.2) is 0 Å². The summed E-state index contributed by atoms with van der Waals surface area (Å²) in [5.74, 6) is 0. The number of ether oxygens (including phenoxy) is 1. The largest absolute Gasteiger partial charge is 0.444 e. The van der Waals surface area contributed by atoms with E-state index in [0.29, 0.717) is 0 Å². The van der Waals surface area contributed by atoms with Crippen LogP contribution in [0.2, 0.25) is 0 Å². The van der Waals surface area contributed by atoms with Crippen molar-refractivity contribution in [1.29, 1.82) is 0 Å². The maximum atomic E-state index is 13.0. The molecule has 6 nitrogen and oxygen atoms in total. The Balaban J connectivity index is 1.45. The molecule has 1 heterocycles. The van der Waals surface area contributed by atoms with Gasteiger partial charge in [0, 0.05) is 37.9 Å². The van der Waals surface area contributed by atoms with Crippen LogP contribution in [0.4, 0.5) is 10.5 Å². The SMILES string of the molecule is Cc1ccc(S(=O)Nc2ccccc2CCN(CCc2ccccc2)C[C@@H]2CCCN2C(=O)OC(C)(C)C)cc1. The Hall–Kier alpha value is -3.16. The zero-order valence-electron chi connectivity index (χ0n) is 24.3. The molecule has 1 amide bonds. The Labute approximate surface area is 242 Å². The van der Waals surface area contributed by atoms with Crippen molar-refractivity contribution in [2.24, 2.45) is 0 Å². The van der Waals surface area contributed by atoms with Gasteiger partial charge in [-0.25, -0.2) is 9.00 Å². The van der Waals surface area contributed by atoms with Crippen LogP contribution in [-0.4, -0.2) is 57.9 Å². The lowest BCUT2D eigenvalue weighted by Crippen LogP contribution is -2.46. The number of hydrogen-bond donors (Lipinski definition) is 1. The third-order valence-corrected chi connectivity index (χ3v) is 8.29. The average molecular weight is 562 g/mol. The summed E-state index contributed by atoms with van der Waals surface area (Å²) in [6.07, 6.45) is 3.51. The molecule has 1 aliphatic heterocycles. The molecule has 0 radical (unpaired) electrons. The number of amides is 1. The Bertz CT molecular complexity index is 1260. The molecule has 1 fully saturated rings. The van der Waals surface area contributed by atoms with Crippen LogP contribution in [0.5, 0.6) is 0 Å². The van der Waals surface area contributed by atoms with E-state index < -0.39 is 16.6 Å². The fraction of sp³-hybridized carbons (Fsp3) is 0.424. The molecule has 0 spiro atoms. The van der Waals surface area contributed by atoms with E-state index >= 15 is 0 Å². The first-order valence-corrected chi connectivity index (χ1v) is 15.4. The topological polar surface area (TPSA) is 61.9 Å². The van der Waals surface area contributed by atoms with Crippen molar-refractivity contribution >= 4 is 22.8 Å². The second-order valence-corrected chi connectivity index (χ2v) is 12.8. The van der Waals surface area contributed by atoms with E-state index in [-0.39, 0.29) is 12.1 Å². The van der Waals surface area contributed by atoms with E-state index in [1.165, 1.54) is 5.56 Å². The summed E-state index contributed by atoms with van der Waals surface area (Å²) in [6, 6.07) is 26.6. The van der Waals surface area contributed by atoms with Gasteiger partial charge in [-0.05, 0) is 82.7 Å². The molecular weight excluding hydrogens is 518 g/mol. The van der Waals surface area contributed by atoms with Crippen LogP contribution in [0.3, 0.4) is 0 Å². The van der Waals surface area contributed by atoms with Crippen molar-refractivity contribution in [2.45, 2.75) is 69.9 Å². The van der Waals surface area contributed by atoms with Crippen molar-refractivity contribution in [3.63, 3.8) is 0 Å². The molecule has 0 saturated carbocycles. The van der Waals surface area contributed by atoms with Crippen LogP contribution in [0.1, 0.15) is 50.3 Å². The number of nitrogens with one attached hydrogen (secondary N) is 1. The van der Waals surface area contributed by atoms with E-state index in [1.807, 2.05) is 81.1 Å². The molecule has 0 aliphatic carbocycles. The van der Waals surface area contributed by atoms with Gasteiger partial charge in [-0.3, -0.25) is 0 Å². The second-order valence-electron chi connectivity index (χ2n) is 11.6. The first kappa shape index (κ1) is 29.8. The van der Waals surface area contributed by atoms with Crippen molar-refractivity contribution < 1.29 is 13.7 Å². The van der Waals surface area contributed by atoms with Gasteiger partial charge in [0.2, 0.25) is 0 Å². The number of benzene rings is 3. The molecule has 1 saturated heterocycles. The van der Waals surface area contributed by atoms with Crippen molar-refractivity contribution in [3.05, 3.63) is 95.6 Å². The molecule has 3 aromatic rings. The van der Waals surface area contributed by atoms with Gasteiger partial charge in [-0.2, -0.15) is 0 Å². The molecule has 4 rings (SSSR count). The van der Waals surface area contributed by atoms with E-state index in [2.05, 4.69) is 40.0 Å². The van der Waals surface area contributed by atoms with Gasteiger partial charge in [0.25, 0.3) is 0 Å². The van der Waals surface area contributed by atoms with Gasteiger partial charge in [-0.1, -0.05) is 66.2 Å². The predicted molar refractivity (Wildman–Crippen MR) is 164 cm³/mol. The van der Waals surface area contributed by atoms with Gasteiger partial charge in [0.1, 0.15) is 16.6 Å². The van der Waals surface area contributed by atoms with E-state index in [0.717, 1.165) is 73.6 Å². The zero-order chi connectivity index (χ0) is 28.5. The van der Waals surface area contributed by atoms with Crippen LogP contribution in [-0.2, 0) is 28.6 Å². The van der Waals surface area contributed by atoms with Gasteiger partial charge in [-0.15, -0.1) is 0 Å². The molecule has 3 aromatic carbocycles. The lowest BCUT2D eigenvalue weighted by atomic mass is 10.1. The normalized spacial score (nSPS) is 16.2. The van der Waals surface area contributed by atoms with E-state index in [1.54, 1.807) is 0 Å². The summed E-state index contributed by atoms with van der Waals surface area (Å²) in [5, 5.41) is 0. The number of likely N-dealkylation sites (tertiary alicyclic amines) is 1. The van der Waals surface area contributed by atoms with Crippen LogP contribution in [0, 0.1) is 6.92 Å². The summed E-state index contributed by atoms with van der Waals surface area (Å²) >= 11 is 0. The Kier molecular flexibility index (Phi) is 10.4. The van der Waals surface area contributed by atoms with Crippen LogP contribution < -0.4 is 4.72 Å². The Morgan fingerprint density at radius 1 is 0.975 bits per heavy atom. The standard InChI is InChI=1S/C33H43N3O3S/c1-26-16-18-30(19-17-26)40(38)34-31-15-9-8-13-28(31)21-24-35(23-20-27-11-6-5-7-12-27)25-29-14-10-22-36(29)32(37)39-33(2,3)4/h5-9,11-13,15-19,29,34H,10,14,20-25H2,1-4H3/t29-,40?/m0/s1. The quantitative estimate of drug-likeness (QED) is 0.286. The molecular formula is C33H43N3O3S. The monoisotopic (exact) mass is 561 g/mol. The number of carbonyl (C=O) groups excluding carboxylic acids is 1. The smallest absolute Gasteiger partial charge is 0.410 e. The van der Waals surface area contributed by atoms with E-state index in [4.69, 9.17) is 4.74 Å². The molecule has 1 unspecified atom stereocenters. The minimum Gasteiger partial charge on any atom is -0.444 e. The Morgan fingerprint density at radius 2 is 1.65 bits per heavy atom. The molecule has 214 valence electrons. The number of para-hydroxylation sites is 1. The maximum Gasteiger partial charge on any atom is 0.410 e. The molecule has 40 heavy (non-hydrogen) atoms. The number of aryl methyl sites for hydroxylation is 1. The summed E-state index contributed by atoms with van der Waals surface area (Å²) in [7, 11) is -1.34. The molecule has 0 aromatic heterocycles. The van der Waals surface area contributed by atoms with Crippen LogP contribution >= 0.6 is 0 Å². The Morgan fingerprint density at radius 3 is 2.38 bits per heavy atom. The minimum absolute atomic E-state index is 0.132. The number of anilines is 1. The number of nitrogens with zero attached hydrogens (tertiary/aromatic N) is 2. The third-order valence-electron chi connectivity index (χ3n) is 7.19. The lowest BCUT2D eigenvalue weighted by molar-refractivity contribution is 0.0196. The molecule has 7 heteroatoms. The lowest BCUT2D eigenvalue weighted by Gasteiger charge is -2.32. The van der Waals surface area contributed by atoms with Gasteiger partial charge >= 0.3 is 6.09 Å². The van der Waals surface area contributed by atoms with Gasteiger partial charge in [0.05, 0.1) is 4.90 Å². The predicted octanol–water partition coefficient (Wildman–Crippen LogP) is 6.62. The second kappa shape index (κ2) is 14.0. The number of carbonyl (C=O) groups is 1. The first-order chi connectivity index (χ1) is 19.2. The highest BCUT2D eigenvalue weighted by Crippen LogP contribution is 2.23. The van der Waals surface area contributed by atoms with Gasteiger partial charge < -0.3 is 19.3 Å². The fourth-order valence-electron chi connectivity index (χ4n) is 5.05. The summed E-state index contributed by atoms with van der Waals surface area (Å²) in [6.45, 7) is 11.0. The van der Waals surface area contributed by atoms with Crippen molar-refractivity contribution in [2.75, 3.05) is 30.9 Å². The average Bonchev–Trinajstić information content (AvgIpc) is 3.39. The first-order valence-electron chi connectivity index (χ1n) is 14.3. The van der Waals surface area contributed by atoms with Crippen molar-refractivity contribution in [3.8, 4) is 0 Å². The number of rotatable bonds is 11. The third kappa shape index (κ3) is 8.93. The van der Waals surface area contributed by atoms with Crippen molar-refractivity contribution in [1.82, 2.24) is 9.80 Å². The van der Waals surface area contributed by atoms with Crippen LogP contribution in [0.15, 0.2) is 83.8 Å². The summed E-state index contributed by atoms with van der Waals surface area (Å²) in [4.78, 5) is 18.1.